The lowest BCUT2D eigenvalue weighted by molar-refractivity contribution is -0.384. The van der Waals surface area contributed by atoms with Crippen LogP contribution in [0.4, 0.5) is 18.9 Å². The molecule has 1 heterocycles. The quantitative estimate of drug-likeness (QED) is 0.573. The Hall–Kier alpha value is -1.86. The van der Waals surface area contributed by atoms with Crippen LogP contribution in [0.25, 0.3) is 11.3 Å². The Labute approximate surface area is 126 Å². The van der Waals surface area contributed by atoms with E-state index in [2.05, 4.69) is 4.98 Å². The Morgan fingerprint density at radius 3 is 2.38 bits per heavy atom. The third-order valence-corrected chi connectivity index (χ3v) is 3.13. The molecule has 0 saturated heterocycles. The normalized spacial score (nSPS) is 11.5. The van der Waals surface area contributed by atoms with Crippen molar-refractivity contribution in [3.05, 3.63) is 56.2 Å². The molecular formula is C12H5Cl2F3N2O2. The van der Waals surface area contributed by atoms with Gasteiger partial charge in [0, 0.05) is 22.8 Å². The van der Waals surface area contributed by atoms with E-state index in [1.807, 2.05) is 0 Å². The van der Waals surface area contributed by atoms with Crippen LogP contribution in [-0.2, 0) is 6.18 Å². The molecule has 0 N–H and O–H groups in total. The van der Waals surface area contributed by atoms with Crippen molar-refractivity contribution in [3.63, 3.8) is 0 Å². The number of nitrogens with zero attached hydrogens (tertiary/aromatic N) is 2. The number of halogens is 5. The van der Waals surface area contributed by atoms with Gasteiger partial charge in [0.2, 0.25) is 0 Å². The number of pyridine rings is 1. The van der Waals surface area contributed by atoms with Gasteiger partial charge in [-0.3, -0.25) is 10.1 Å². The number of benzene rings is 1. The lowest BCUT2D eigenvalue weighted by Gasteiger charge is -2.09. The molecule has 0 unspecified atom stereocenters. The molecule has 2 rings (SSSR count). The highest BCUT2D eigenvalue weighted by atomic mass is 35.5. The Morgan fingerprint density at radius 1 is 1.19 bits per heavy atom. The van der Waals surface area contributed by atoms with Crippen molar-refractivity contribution >= 4 is 28.9 Å². The molecule has 0 fully saturated rings. The van der Waals surface area contributed by atoms with Crippen LogP contribution in [0.3, 0.4) is 0 Å². The van der Waals surface area contributed by atoms with Crippen LogP contribution in [0.15, 0.2) is 30.5 Å². The largest absolute Gasteiger partial charge is 0.418 e. The van der Waals surface area contributed by atoms with E-state index in [-0.39, 0.29) is 16.3 Å². The predicted molar refractivity (Wildman–Crippen MR) is 71.3 cm³/mol. The maximum atomic E-state index is 12.6. The van der Waals surface area contributed by atoms with Crippen LogP contribution >= 0.6 is 23.2 Å². The molecule has 0 aliphatic carbocycles. The number of hydrogen-bond acceptors (Lipinski definition) is 3. The van der Waals surface area contributed by atoms with E-state index in [0.29, 0.717) is 17.3 Å². The number of hydrogen-bond donors (Lipinski definition) is 0. The molecule has 0 aliphatic heterocycles. The minimum atomic E-state index is -4.72. The summed E-state index contributed by atoms with van der Waals surface area (Å²) in [6.07, 6.45) is -4.20. The van der Waals surface area contributed by atoms with Gasteiger partial charge in [0.05, 0.1) is 15.5 Å². The zero-order valence-electron chi connectivity index (χ0n) is 9.99. The van der Waals surface area contributed by atoms with E-state index in [9.17, 15) is 23.3 Å². The van der Waals surface area contributed by atoms with Crippen molar-refractivity contribution in [2.45, 2.75) is 6.18 Å². The summed E-state index contributed by atoms with van der Waals surface area (Å²) in [5, 5.41) is 11.3. The van der Waals surface area contributed by atoms with Gasteiger partial charge in [-0.1, -0.05) is 23.2 Å². The minimum Gasteiger partial charge on any atom is -0.258 e. The highest BCUT2D eigenvalue weighted by Gasteiger charge is 2.34. The zero-order valence-corrected chi connectivity index (χ0v) is 11.5. The standard InChI is InChI=1S/C12H5Cl2F3N2O2/c13-7-1-2-8(9(14)4-7)11-10(19(20)21)3-6(5-18-11)12(15,16)17/h1-5H. The minimum absolute atomic E-state index is 0.0536. The molecule has 110 valence electrons. The van der Waals surface area contributed by atoms with Gasteiger partial charge in [-0.2, -0.15) is 13.2 Å². The van der Waals surface area contributed by atoms with Gasteiger partial charge >= 0.3 is 6.18 Å². The van der Waals surface area contributed by atoms with E-state index in [1.54, 1.807) is 0 Å². The number of aromatic nitrogens is 1. The first-order chi connectivity index (χ1) is 9.70. The van der Waals surface area contributed by atoms with Crippen LogP contribution in [0, 0.1) is 10.1 Å². The van der Waals surface area contributed by atoms with E-state index >= 15 is 0 Å². The van der Waals surface area contributed by atoms with Gasteiger partial charge < -0.3 is 0 Å². The van der Waals surface area contributed by atoms with E-state index in [4.69, 9.17) is 23.2 Å². The van der Waals surface area contributed by atoms with Gasteiger partial charge in [0.25, 0.3) is 5.69 Å². The lowest BCUT2D eigenvalue weighted by Crippen LogP contribution is -2.07. The topological polar surface area (TPSA) is 56.0 Å². The van der Waals surface area contributed by atoms with E-state index < -0.39 is 22.4 Å². The summed E-state index contributed by atoms with van der Waals surface area (Å²) in [5.74, 6) is 0. The summed E-state index contributed by atoms with van der Waals surface area (Å²) < 4.78 is 37.8. The first-order valence-electron chi connectivity index (χ1n) is 5.37. The first kappa shape index (κ1) is 15.5. The number of rotatable bonds is 2. The molecule has 0 radical (unpaired) electrons. The molecule has 0 saturated carbocycles. The van der Waals surface area contributed by atoms with Crippen LogP contribution in [0.2, 0.25) is 10.0 Å². The molecule has 1 aromatic carbocycles. The van der Waals surface area contributed by atoms with Gasteiger partial charge in [-0.05, 0) is 18.2 Å². The van der Waals surface area contributed by atoms with Gasteiger partial charge in [-0.25, -0.2) is 4.98 Å². The second-order valence-corrected chi connectivity index (χ2v) is 4.81. The molecule has 2 aromatic rings. The molecule has 9 heteroatoms. The summed E-state index contributed by atoms with van der Waals surface area (Å²) in [7, 11) is 0. The molecular weight excluding hydrogens is 332 g/mol. The van der Waals surface area contributed by atoms with E-state index in [1.165, 1.54) is 18.2 Å². The lowest BCUT2D eigenvalue weighted by atomic mass is 10.1. The molecule has 21 heavy (non-hydrogen) atoms. The van der Waals surface area contributed by atoms with Crippen molar-refractivity contribution in [1.82, 2.24) is 4.98 Å². The fourth-order valence-corrected chi connectivity index (χ4v) is 2.13. The van der Waals surface area contributed by atoms with Crippen LogP contribution in [-0.4, -0.2) is 9.91 Å². The summed E-state index contributed by atoms with van der Waals surface area (Å²) in [6, 6.07) is 4.51. The number of alkyl halides is 3. The summed E-state index contributed by atoms with van der Waals surface area (Å²) >= 11 is 11.6. The van der Waals surface area contributed by atoms with Crippen LogP contribution in [0.1, 0.15) is 5.56 Å². The van der Waals surface area contributed by atoms with Gasteiger partial charge in [0.15, 0.2) is 0 Å². The van der Waals surface area contributed by atoms with Crippen molar-refractivity contribution in [3.8, 4) is 11.3 Å². The van der Waals surface area contributed by atoms with Gasteiger partial charge in [-0.15, -0.1) is 0 Å². The van der Waals surface area contributed by atoms with Gasteiger partial charge in [0.1, 0.15) is 5.69 Å². The zero-order chi connectivity index (χ0) is 15.8. The average molecular weight is 337 g/mol. The maximum absolute atomic E-state index is 12.6. The van der Waals surface area contributed by atoms with Crippen molar-refractivity contribution < 1.29 is 18.1 Å². The Bertz CT molecular complexity index is 720. The highest BCUT2D eigenvalue weighted by molar-refractivity contribution is 6.36. The van der Waals surface area contributed by atoms with Crippen molar-refractivity contribution in [2.24, 2.45) is 0 Å². The molecule has 0 aliphatic rings. The second-order valence-electron chi connectivity index (χ2n) is 3.97. The Morgan fingerprint density at radius 2 is 1.86 bits per heavy atom. The first-order valence-corrected chi connectivity index (χ1v) is 6.13. The smallest absolute Gasteiger partial charge is 0.258 e. The maximum Gasteiger partial charge on any atom is 0.418 e. The fraction of sp³-hybridized carbons (Fsp3) is 0.0833. The van der Waals surface area contributed by atoms with Crippen LogP contribution < -0.4 is 0 Å². The average Bonchev–Trinajstić information content (AvgIpc) is 2.37. The third kappa shape index (κ3) is 3.25. The Balaban J connectivity index is 2.66. The SMILES string of the molecule is O=[N+]([O-])c1cc(C(F)(F)F)cnc1-c1ccc(Cl)cc1Cl. The summed E-state index contributed by atoms with van der Waals surface area (Å²) in [5.41, 5.74) is -2.12. The van der Waals surface area contributed by atoms with Crippen LogP contribution in [0.5, 0.6) is 0 Å². The monoisotopic (exact) mass is 336 g/mol. The molecule has 4 nitrogen and oxygen atoms in total. The number of nitro groups is 1. The molecule has 0 amide bonds. The third-order valence-electron chi connectivity index (χ3n) is 2.58. The fourth-order valence-electron chi connectivity index (χ4n) is 1.64. The predicted octanol–water partition coefficient (Wildman–Crippen LogP) is 4.98. The highest BCUT2D eigenvalue weighted by Crippen LogP contribution is 2.38. The molecule has 0 bridgehead atoms. The summed E-state index contributed by atoms with van der Waals surface area (Å²) in [6.45, 7) is 0. The summed E-state index contributed by atoms with van der Waals surface area (Å²) in [4.78, 5) is 13.6. The molecule has 1 aromatic heterocycles. The second kappa shape index (κ2) is 5.50. The van der Waals surface area contributed by atoms with Crippen molar-refractivity contribution in [1.29, 1.82) is 0 Å². The van der Waals surface area contributed by atoms with E-state index in [0.717, 1.165) is 0 Å². The van der Waals surface area contributed by atoms with Crippen molar-refractivity contribution in [2.75, 3.05) is 0 Å². The molecule has 0 atom stereocenters. The molecule has 0 spiro atoms. The Kier molecular flexibility index (Phi) is 4.06.